The van der Waals surface area contributed by atoms with E-state index in [0.717, 1.165) is 5.56 Å². The van der Waals surface area contributed by atoms with Crippen LogP contribution in [0.15, 0.2) is 12.4 Å². The van der Waals surface area contributed by atoms with Crippen LogP contribution in [0.1, 0.15) is 25.8 Å². The minimum Gasteiger partial charge on any atom is -0.481 e. The average molecular weight is 282 g/mol. The van der Waals surface area contributed by atoms with Gasteiger partial charge >= 0.3 is 12.0 Å². The predicted molar refractivity (Wildman–Crippen MR) is 74.1 cm³/mol. The summed E-state index contributed by atoms with van der Waals surface area (Å²) in [6, 6.07) is -0.246. The second kappa shape index (κ2) is 7.52. The quantitative estimate of drug-likeness (QED) is 0.783. The van der Waals surface area contributed by atoms with E-state index in [0.29, 0.717) is 19.0 Å². The largest absolute Gasteiger partial charge is 0.481 e. The Bertz CT molecular complexity index is 456. The van der Waals surface area contributed by atoms with E-state index >= 15 is 0 Å². The molecule has 1 heterocycles. The molecular formula is C13H22N4O3. The van der Waals surface area contributed by atoms with Crippen molar-refractivity contribution in [1.82, 2.24) is 20.0 Å². The van der Waals surface area contributed by atoms with E-state index in [4.69, 9.17) is 5.11 Å². The second-order valence-corrected chi connectivity index (χ2v) is 5.17. The molecule has 7 nitrogen and oxygen atoms in total. The van der Waals surface area contributed by atoms with E-state index in [2.05, 4.69) is 10.4 Å². The summed E-state index contributed by atoms with van der Waals surface area (Å²) in [7, 11) is 1.82. The van der Waals surface area contributed by atoms with Gasteiger partial charge in [-0.1, -0.05) is 13.8 Å². The number of nitrogens with one attached hydrogen (secondary N) is 1. The molecule has 0 saturated carbocycles. The van der Waals surface area contributed by atoms with Crippen LogP contribution in [0.2, 0.25) is 0 Å². The summed E-state index contributed by atoms with van der Waals surface area (Å²) in [5, 5.41) is 15.3. The summed E-state index contributed by atoms with van der Waals surface area (Å²) >= 11 is 0. The highest BCUT2D eigenvalue weighted by Gasteiger charge is 2.16. The number of nitrogens with zero attached hydrogens (tertiary/aromatic N) is 3. The molecule has 0 radical (unpaired) electrons. The summed E-state index contributed by atoms with van der Waals surface area (Å²) in [5.41, 5.74) is 0.946. The maximum atomic E-state index is 12.1. The molecule has 0 bridgehead atoms. The van der Waals surface area contributed by atoms with Crippen LogP contribution in [0.5, 0.6) is 0 Å². The molecular weight excluding hydrogens is 260 g/mol. The molecule has 1 aromatic rings. The van der Waals surface area contributed by atoms with Crippen molar-refractivity contribution in [2.45, 2.75) is 26.8 Å². The van der Waals surface area contributed by atoms with Crippen molar-refractivity contribution in [3.05, 3.63) is 18.0 Å². The number of rotatable bonds is 7. The van der Waals surface area contributed by atoms with Gasteiger partial charge in [-0.3, -0.25) is 9.48 Å². The highest BCUT2D eigenvalue weighted by Crippen LogP contribution is 2.07. The number of aromatic nitrogens is 2. The zero-order valence-corrected chi connectivity index (χ0v) is 12.2. The molecule has 20 heavy (non-hydrogen) atoms. The lowest BCUT2D eigenvalue weighted by atomic mass is 10.2. The summed E-state index contributed by atoms with van der Waals surface area (Å²) in [5.74, 6) is -0.593. The molecule has 7 heteroatoms. The molecule has 0 atom stereocenters. The summed E-state index contributed by atoms with van der Waals surface area (Å²) in [6.07, 6.45) is 3.50. The molecule has 0 unspecified atom stereocenters. The Morgan fingerprint density at radius 1 is 1.50 bits per heavy atom. The lowest BCUT2D eigenvalue weighted by Crippen LogP contribution is -2.42. The Morgan fingerprint density at radius 3 is 2.70 bits per heavy atom. The zero-order valence-electron chi connectivity index (χ0n) is 12.2. The maximum absolute atomic E-state index is 12.1. The molecule has 0 aliphatic heterocycles. The number of aliphatic carboxylic acids is 1. The van der Waals surface area contributed by atoms with Crippen LogP contribution in [-0.4, -0.2) is 44.9 Å². The summed E-state index contributed by atoms with van der Waals surface area (Å²) < 4.78 is 1.69. The van der Waals surface area contributed by atoms with Gasteiger partial charge in [0.25, 0.3) is 0 Å². The van der Waals surface area contributed by atoms with Gasteiger partial charge in [-0.05, 0) is 5.92 Å². The highest BCUT2D eigenvalue weighted by atomic mass is 16.4. The maximum Gasteiger partial charge on any atom is 0.317 e. The third-order valence-corrected chi connectivity index (χ3v) is 2.62. The Kier molecular flexibility index (Phi) is 6.02. The summed E-state index contributed by atoms with van der Waals surface area (Å²) in [4.78, 5) is 24.2. The van der Waals surface area contributed by atoms with Crippen LogP contribution in [-0.2, 0) is 18.4 Å². The fourth-order valence-electron chi connectivity index (χ4n) is 1.82. The number of carboxylic acids is 1. The van der Waals surface area contributed by atoms with Crippen molar-refractivity contribution >= 4 is 12.0 Å². The molecule has 0 aromatic carbocycles. The van der Waals surface area contributed by atoms with E-state index in [1.165, 1.54) is 0 Å². The Morgan fingerprint density at radius 2 is 2.20 bits per heavy atom. The highest BCUT2D eigenvalue weighted by molar-refractivity contribution is 5.75. The van der Waals surface area contributed by atoms with Crippen LogP contribution in [0.25, 0.3) is 0 Å². The van der Waals surface area contributed by atoms with Crippen LogP contribution in [0, 0.1) is 5.92 Å². The van der Waals surface area contributed by atoms with E-state index in [9.17, 15) is 9.59 Å². The Balaban J connectivity index is 2.58. The number of carboxylic acid groups (broad SMARTS) is 1. The predicted octanol–water partition coefficient (Wildman–Crippen LogP) is 1.06. The van der Waals surface area contributed by atoms with Crippen LogP contribution >= 0.6 is 0 Å². The van der Waals surface area contributed by atoms with Gasteiger partial charge in [0.05, 0.1) is 19.2 Å². The number of aryl methyl sites for hydroxylation is 1. The van der Waals surface area contributed by atoms with E-state index in [1.807, 2.05) is 27.1 Å². The fraction of sp³-hybridized carbons (Fsp3) is 0.615. The van der Waals surface area contributed by atoms with Gasteiger partial charge in [0.15, 0.2) is 0 Å². The van der Waals surface area contributed by atoms with Gasteiger partial charge in [0.2, 0.25) is 0 Å². The molecule has 0 spiro atoms. The van der Waals surface area contributed by atoms with Crippen molar-refractivity contribution in [3.8, 4) is 0 Å². The first kappa shape index (κ1) is 16.0. The second-order valence-electron chi connectivity index (χ2n) is 5.17. The minimum absolute atomic E-state index is 0.0752. The van der Waals surface area contributed by atoms with Gasteiger partial charge in [-0.15, -0.1) is 0 Å². The normalized spacial score (nSPS) is 10.6. The van der Waals surface area contributed by atoms with Crippen molar-refractivity contribution < 1.29 is 14.7 Å². The minimum atomic E-state index is -0.923. The third-order valence-electron chi connectivity index (χ3n) is 2.62. The lowest BCUT2D eigenvalue weighted by Gasteiger charge is -2.24. The van der Waals surface area contributed by atoms with Crippen molar-refractivity contribution in [3.63, 3.8) is 0 Å². The number of hydrogen-bond donors (Lipinski definition) is 2. The first-order chi connectivity index (χ1) is 9.38. The van der Waals surface area contributed by atoms with E-state index in [1.54, 1.807) is 15.8 Å². The van der Waals surface area contributed by atoms with Gasteiger partial charge in [0.1, 0.15) is 0 Å². The van der Waals surface area contributed by atoms with Gasteiger partial charge in [-0.25, -0.2) is 4.79 Å². The first-order valence-corrected chi connectivity index (χ1v) is 6.60. The Hall–Kier alpha value is -2.05. The van der Waals surface area contributed by atoms with Gasteiger partial charge in [0, 0.05) is 31.9 Å². The number of hydrogen-bond acceptors (Lipinski definition) is 3. The molecule has 1 rings (SSSR count). The smallest absolute Gasteiger partial charge is 0.317 e. The van der Waals surface area contributed by atoms with Crippen LogP contribution in [0.3, 0.4) is 0 Å². The average Bonchev–Trinajstić information content (AvgIpc) is 2.72. The Labute approximate surface area is 118 Å². The number of urea groups is 1. The fourth-order valence-corrected chi connectivity index (χ4v) is 1.82. The number of carbonyl (C=O) groups excluding carboxylic acids is 1. The molecule has 1 aromatic heterocycles. The summed E-state index contributed by atoms with van der Waals surface area (Å²) in [6.45, 7) is 5.26. The van der Waals surface area contributed by atoms with Crippen molar-refractivity contribution in [2.24, 2.45) is 13.0 Å². The molecule has 0 saturated heterocycles. The van der Waals surface area contributed by atoms with E-state index < -0.39 is 5.97 Å². The molecule has 0 aliphatic carbocycles. The van der Waals surface area contributed by atoms with Gasteiger partial charge < -0.3 is 15.3 Å². The monoisotopic (exact) mass is 282 g/mol. The SMILES string of the molecule is CC(C)CN(Cc1cnn(C)c1)C(=O)NCCC(=O)O. The van der Waals surface area contributed by atoms with Crippen molar-refractivity contribution in [1.29, 1.82) is 0 Å². The van der Waals surface area contributed by atoms with Gasteiger partial charge in [-0.2, -0.15) is 5.10 Å². The molecule has 112 valence electrons. The van der Waals surface area contributed by atoms with Crippen LogP contribution < -0.4 is 5.32 Å². The number of carbonyl (C=O) groups is 2. The molecule has 0 fully saturated rings. The third kappa shape index (κ3) is 5.73. The molecule has 2 amide bonds. The zero-order chi connectivity index (χ0) is 15.1. The standard InChI is InChI=1S/C13H22N4O3/c1-10(2)7-17(9-11-6-15-16(3)8-11)13(20)14-5-4-12(18)19/h6,8,10H,4-5,7,9H2,1-3H3,(H,14,20)(H,18,19). The topological polar surface area (TPSA) is 87.5 Å². The van der Waals surface area contributed by atoms with Crippen LogP contribution in [0.4, 0.5) is 4.79 Å². The molecule has 0 aliphatic rings. The van der Waals surface area contributed by atoms with E-state index in [-0.39, 0.29) is 19.0 Å². The lowest BCUT2D eigenvalue weighted by molar-refractivity contribution is -0.136. The number of amides is 2. The first-order valence-electron chi connectivity index (χ1n) is 6.60. The molecule has 2 N–H and O–H groups in total. The van der Waals surface area contributed by atoms with Crippen molar-refractivity contribution in [2.75, 3.05) is 13.1 Å².